The largest absolute Gasteiger partial charge is 0.312 e. The lowest BCUT2D eigenvalue weighted by atomic mass is 10.3. The second kappa shape index (κ2) is 6.49. The molecule has 0 fully saturated rings. The molecule has 0 radical (unpaired) electrons. The molecule has 0 saturated carbocycles. The van der Waals surface area contributed by atoms with Gasteiger partial charge in [-0.15, -0.1) is 0 Å². The predicted octanol–water partition coefficient (Wildman–Crippen LogP) is 3.00. The van der Waals surface area contributed by atoms with Crippen molar-refractivity contribution in [1.29, 1.82) is 0 Å². The molecule has 0 N–H and O–H groups in total. The summed E-state index contributed by atoms with van der Waals surface area (Å²) in [7, 11) is 0. The third-order valence-corrected chi connectivity index (χ3v) is 4.27. The molecule has 0 aromatic carbocycles. The summed E-state index contributed by atoms with van der Waals surface area (Å²) in [6.45, 7) is 7.17. The summed E-state index contributed by atoms with van der Waals surface area (Å²) in [4.78, 5) is 22.7. The van der Waals surface area contributed by atoms with E-state index in [0.717, 1.165) is 0 Å². The Hall–Kier alpha value is -2.22. The minimum absolute atomic E-state index is 0.0293. The predicted molar refractivity (Wildman–Crippen MR) is 84.9 cm³/mol. The smallest absolute Gasteiger partial charge is 0.273 e. The molecule has 23 heavy (non-hydrogen) atoms. The fourth-order valence-corrected chi connectivity index (χ4v) is 2.64. The number of rotatable bonds is 5. The summed E-state index contributed by atoms with van der Waals surface area (Å²) in [5, 5.41) is 19.7. The van der Waals surface area contributed by atoms with E-state index in [2.05, 4.69) is 10.2 Å². The molecular weight excluding hydrogens is 322 g/mol. The molecule has 8 nitrogen and oxygen atoms in total. The van der Waals surface area contributed by atoms with Crippen molar-refractivity contribution in [2.24, 2.45) is 0 Å². The Balaban J connectivity index is 2.03. The zero-order valence-electron chi connectivity index (χ0n) is 13.5. The molecule has 2 aromatic heterocycles. The molecule has 0 bridgehead atoms. The lowest BCUT2D eigenvalue weighted by Gasteiger charge is -2.05. The van der Waals surface area contributed by atoms with Crippen molar-refractivity contribution < 1.29 is 9.72 Å². The Morgan fingerprint density at radius 3 is 2.30 bits per heavy atom. The van der Waals surface area contributed by atoms with Gasteiger partial charge in [0.05, 0.1) is 21.3 Å². The topological polar surface area (TPSA) is 95.8 Å². The first-order chi connectivity index (χ1) is 10.7. The molecular formula is C14H18ClN5O3. The van der Waals surface area contributed by atoms with Gasteiger partial charge in [-0.1, -0.05) is 11.6 Å². The van der Waals surface area contributed by atoms with E-state index in [4.69, 9.17) is 11.6 Å². The highest BCUT2D eigenvalue weighted by atomic mass is 35.5. The first-order valence-corrected chi connectivity index (χ1v) is 7.55. The number of aromatic nitrogens is 4. The highest BCUT2D eigenvalue weighted by Gasteiger charge is 2.21. The van der Waals surface area contributed by atoms with Crippen LogP contribution < -0.4 is 0 Å². The van der Waals surface area contributed by atoms with Gasteiger partial charge in [-0.05, 0) is 34.1 Å². The van der Waals surface area contributed by atoms with Crippen molar-refractivity contribution in [1.82, 2.24) is 19.6 Å². The molecule has 0 aliphatic heterocycles. The Bertz CT molecular complexity index is 778. The molecule has 0 saturated heterocycles. The van der Waals surface area contributed by atoms with Gasteiger partial charge in [0.2, 0.25) is 5.91 Å². The quantitative estimate of drug-likeness (QED) is 0.616. The number of carbonyl (C=O) groups excluding carboxylic acids is 1. The van der Waals surface area contributed by atoms with E-state index in [9.17, 15) is 14.9 Å². The number of halogens is 1. The maximum Gasteiger partial charge on any atom is 0.312 e. The first kappa shape index (κ1) is 17.1. The van der Waals surface area contributed by atoms with E-state index in [1.807, 2.05) is 0 Å². The summed E-state index contributed by atoms with van der Waals surface area (Å²) in [5.41, 5.74) is 2.14. The van der Waals surface area contributed by atoms with Crippen LogP contribution in [0.1, 0.15) is 40.4 Å². The highest BCUT2D eigenvalue weighted by molar-refractivity contribution is 6.32. The summed E-state index contributed by atoms with van der Waals surface area (Å²) >= 11 is 6.03. The molecule has 2 aromatic rings. The number of carbonyl (C=O) groups is 1. The van der Waals surface area contributed by atoms with Crippen molar-refractivity contribution in [3.8, 4) is 0 Å². The van der Waals surface area contributed by atoms with Crippen LogP contribution in [0, 0.1) is 37.8 Å². The van der Waals surface area contributed by atoms with E-state index in [0.29, 0.717) is 40.8 Å². The van der Waals surface area contributed by atoms with Crippen LogP contribution in [0.4, 0.5) is 5.69 Å². The fraction of sp³-hybridized carbons (Fsp3) is 0.500. The fourth-order valence-electron chi connectivity index (χ4n) is 2.52. The Labute approximate surface area is 138 Å². The van der Waals surface area contributed by atoms with Crippen molar-refractivity contribution in [3.05, 3.63) is 37.9 Å². The average Bonchev–Trinajstić information content (AvgIpc) is 2.90. The van der Waals surface area contributed by atoms with Gasteiger partial charge in [0.15, 0.2) is 0 Å². The molecule has 0 aliphatic rings. The van der Waals surface area contributed by atoms with Crippen LogP contribution in [0.15, 0.2) is 0 Å². The standard InChI is InChI=1S/C14H18ClN5O3/c1-8-13(15)10(3)19(17-8)12(21)6-5-7-18-11(4)14(20(22)23)9(2)16-18/h5-7H2,1-4H3. The number of hydrogen-bond acceptors (Lipinski definition) is 5. The third kappa shape index (κ3) is 3.26. The molecule has 124 valence electrons. The molecule has 9 heteroatoms. The van der Waals surface area contributed by atoms with E-state index in [1.54, 1.807) is 32.4 Å². The van der Waals surface area contributed by atoms with Gasteiger partial charge in [-0.3, -0.25) is 19.6 Å². The van der Waals surface area contributed by atoms with E-state index in [1.165, 1.54) is 4.68 Å². The van der Waals surface area contributed by atoms with Crippen LogP contribution in [0.2, 0.25) is 5.02 Å². The second-order valence-corrected chi connectivity index (χ2v) is 5.77. The van der Waals surface area contributed by atoms with Gasteiger partial charge in [-0.2, -0.15) is 10.2 Å². The van der Waals surface area contributed by atoms with Crippen LogP contribution in [-0.4, -0.2) is 30.4 Å². The lowest BCUT2D eigenvalue weighted by molar-refractivity contribution is -0.386. The lowest BCUT2D eigenvalue weighted by Crippen LogP contribution is -2.15. The van der Waals surface area contributed by atoms with Crippen molar-refractivity contribution in [3.63, 3.8) is 0 Å². The van der Waals surface area contributed by atoms with E-state index < -0.39 is 4.92 Å². The zero-order chi connectivity index (χ0) is 17.3. The minimum Gasteiger partial charge on any atom is -0.273 e. The second-order valence-electron chi connectivity index (χ2n) is 5.39. The van der Waals surface area contributed by atoms with Crippen LogP contribution in [0.3, 0.4) is 0 Å². The van der Waals surface area contributed by atoms with Gasteiger partial charge in [0, 0.05) is 13.0 Å². The molecule has 0 spiro atoms. The van der Waals surface area contributed by atoms with Crippen molar-refractivity contribution in [2.45, 2.75) is 47.1 Å². The Kier molecular flexibility index (Phi) is 4.84. The summed E-state index contributed by atoms with van der Waals surface area (Å²) < 4.78 is 2.87. The number of nitrogens with zero attached hydrogens (tertiary/aromatic N) is 5. The molecule has 2 heterocycles. The Morgan fingerprint density at radius 1 is 1.17 bits per heavy atom. The van der Waals surface area contributed by atoms with Crippen LogP contribution >= 0.6 is 11.6 Å². The maximum atomic E-state index is 12.2. The molecule has 0 unspecified atom stereocenters. The molecule has 2 rings (SSSR count). The van der Waals surface area contributed by atoms with Gasteiger partial charge in [0.25, 0.3) is 0 Å². The molecule has 0 aliphatic carbocycles. The normalized spacial score (nSPS) is 11.0. The van der Waals surface area contributed by atoms with Crippen LogP contribution in [-0.2, 0) is 6.54 Å². The van der Waals surface area contributed by atoms with Gasteiger partial charge >= 0.3 is 5.69 Å². The number of hydrogen-bond donors (Lipinski definition) is 0. The van der Waals surface area contributed by atoms with Crippen LogP contribution in [0.25, 0.3) is 0 Å². The number of aryl methyl sites for hydroxylation is 3. The highest BCUT2D eigenvalue weighted by Crippen LogP contribution is 2.22. The average molecular weight is 340 g/mol. The van der Waals surface area contributed by atoms with Gasteiger partial charge in [-0.25, -0.2) is 4.68 Å². The van der Waals surface area contributed by atoms with E-state index >= 15 is 0 Å². The first-order valence-electron chi connectivity index (χ1n) is 7.17. The van der Waals surface area contributed by atoms with Crippen molar-refractivity contribution >= 4 is 23.2 Å². The monoisotopic (exact) mass is 339 g/mol. The van der Waals surface area contributed by atoms with Crippen molar-refractivity contribution in [2.75, 3.05) is 0 Å². The van der Waals surface area contributed by atoms with Gasteiger partial charge in [0.1, 0.15) is 11.4 Å². The maximum absolute atomic E-state index is 12.2. The summed E-state index contributed by atoms with van der Waals surface area (Å²) in [6, 6.07) is 0. The van der Waals surface area contributed by atoms with Crippen LogP contribution in [0.5, 0.6) is 0 Å². The molecule has 0 atom stereocenters. The van der Waals surface area contributed by atoms with Gasteiger partial charge < -0.3 is 0 Å². The Morgan fingerprint density at radius 2 is 1.83 bits per heavy atom. The zero-order valence-corrected chi connectivity index (χ0v) is 14.2. The SMILES string of the molecule is Cc1nn(C(=O)CCCn2nc(C)c([N+](=O)[O-])c2C)c(C)c1Cl. The van der Waals surface area contributed by atoms with E-state index in [-0.39, 0.29) is 18.0 Å². The summed E-state index contributed by atoms with van der Waals surface area (Å²) in [6.07, 6.45) is 0.762. The third-order valence-electron chi connectivity index (χ3n) is 3.73. The number of nitro groups is 1. The molecule has 0 amide bonds. The summed E-state index contributed by atoms with van der Waals surface area (Å²) in [5.74, 6) is -0.159. The minimum atomic E-state index is -0.433.